The lowest BCUT2D eigenvalue weighted by molar-refractivity contribution is -0.142. The highest BCUT2D eigenvalue weighted by Crippen LogP contribution is 2.25. The summed E-state index contributed by atoms with van der Waals surface area (Å²) in [5.41, 5.74) is 0.726. The van der Waals surface area contributed by atoms with E-state index in [0.29, 0.717) is 11.1 Å². The number of carbonyl (C=O) groups excluding carboxylic acids is 3. The summed E-state index contributed by atoms with van der Waals surface area (Å²) in [5.74, 6) is -1.84. The molecule has 5 nitrogen and oxygen atoms in total. The summed E-state index contributed by atoms with van der Waals surface area (Å²) in [4.78, 5) is 38.0. The molecule has 2 aromatic heterocycles. The predicted molar refractivity (Wildman–Crippen MR) is 106 cm³/mol. The van der Waals surface area contributed by atoms with Crippen LogP contribution in [0.5, 0.6) is 0 Å². The molecule has 0 unspecified atom stereocenters. The number of hydrogen-bond donors (Lipinski definition) is 1. The van der Waals surface area contributed by atoms with Crippen LogP contribution in [0.3, 0.4) is 0 Å². The zero-order chi connectivity index (χ0) is 19.1. The molecule has 0 saturated heterocycles. The van der Waals surface area contributed by atoms with Crippen LogP contribution in [0.4, 0.5) is 0 Å². The second-order valence-corrected chi connectivity index (χ2v) is 7.30. The molecule has 2 amide bonds. The standard InChI is InChI=1S/C20H15NO4S2/c22-18(21-19(23)14-6-2-1-3-7-14)13-25-20(24)16(17-9-5-11-27-17)12-15-8-4-10-26-15/h1-12H,13H2,(H,21,22,23)/b16-12+. The highest BCUT2D eigenvalue weighted by Gasteiger charge is 2.18. The molecule has 0 radical (unpaired) electrons. The van der Waals surface area contributed by atoms with Crippen LogP contribution in [0.2, 0.25) is 0 Å². The summed E-state index contributed by atoms with van der Waals surface area (Å²) in [6.45, 7) is -0.537. The third kappa shape index (κ3) is 5.22. The largest absolute Gasteiger partial charge is 0.452 e. The molecule has 3 rings (SSSR count). The fourth-order valence-electron chi connectivity index (χ4n) is 2.21. The number of carbonyl (C=O) groups is 3. The van der Waals surface area contributed by atoms with Gasteiger partial charge in [-0.25, -0.2) is 4.79 Å². The zero-order valence-corrected chi connectivity index (χ0v) is 15.7. The zero-order valence-electron chi connectivity index (χ0n) is 14.1. The maximum Gasteiger partial charge on any atom is 0.340 e. The highest BCUT2D eigenvalue weighted by atomic mass is 32.1. The Morgan fingerprint density at radius 1 is 0.926 bits per heavy atom. The third-order valence-corrected chi connectivity index (χ3v) is 5.18. The molecule has 0 atom stereocenters. The van der Waals surface area contributed by atoms with Gasteiger partial charge in [-0.3, -0.25) is 14.9 Å². The summed E-state index contributed by atoms with van der Waals surface area (Å²) in [7, 11) is 0. The van der Waals surface area contributed by atoms with Crippen molar-refractivity contribution in [2.45, 2.75) is 0 Å². The SMILES string of the molecule is O=C(COC(=O)/C(=C/c1cccs1)c1cccs1)NC(=O)c1ccccc1. The Bertz CT molecular complexity index is 945. The lowest BCUT2D eigenvalue weighted by Gasteiger charge is -2.07. The van der Waals surface area contributed by atoms with Crippen molar-refractivity contribution in [2.75, 3.05) is 6.61 Å². The molecule has 1 aromatic carbocycles. The van der Waals surface area contributed by atoms with E-state index in [9.17, 15) is 14.4 Å². The molecule has 1 N–H and O–H groups in total. The summed E-state index contributed by atoms with van der Waals surface area (Å²) in [6, 6.07) is 15.8. The Balaban J connectivity index is 1.63. The van der Waals surface area contributed by atoms with Crippen molar-refractivity contribution >= 4 is 52.1 Å². The van der Waals surface area contributed by atoms with Crippen LogP contribution >= 0.6 is 22.7 Å². The van der Waals surface area contributed by atoms with Crippen molar-refractivity contribution < 1.29 is 19.1 Å². The molecule has 0 saturated carbocycles. The quantitative estimate of drug-likeness (QED) is 0.507. The molecule has 136 valence electrons. The summed E-state index contributed by atoms with van der Waals surface area (Å²) in [5, 5.41) is 5.97. The molecule has 0 aliphatic rings. The van der Waals surface area contributed by atoms with Crippen LogP contribution in [0.15, 0.2) is 65.4 Å². The van der Waals surface area contributed by atoms with E-state index >= 15 is 0 Å². The van der Waals surface area contributed by atoms with E-state index < -0.39 is 24.4 Å². The minimum atomic E-state index is -0.682. The van der Waals surface area contributed by atoms with Crippen molar-refractivity contribution in [2.24, 2.45) is 0 Å². The van der Waals surface area contributed by atoms with Crippen LogP contribution < -0.4 is 5.32 Å². The van der Waals surface area contributed by atoms with Crippen LogP contribution in [-0.2, 0) is 14.3 Å². The van der Waals surface area contributed by atoms with Crippen molar-refractivity contribution in [3.05, 3.63) is 80.7 Å². The Morgan fingerprint density at radius 3 is 2.33 bits per heavy atom. The molecule has 0 bridgehead atoms. The van der Waals surface area contributed by atoms with E-state index in [2.05, 4.69) is 5.32 Å². The average Bonchev–Trinajstić information content (AvgIpc) is 3.38. The van der Waals surface area contributed by atoms with Crippen LogP contribution in [0.25, 0.3) is 11.6 Å². The van der Waals surface area contributed by atoms with Gasteiger partial charge in [0.1, 0.15) is 0 Å². The van der Waals surface area contributed by atoms with Gasteiger partial charge in [0, 0.05) is 15.3 Å². The maximum absolute atomic E-state index is 12.5. The Labute approximate surface area is 163 Å². The van der Waals surface area contributed by atoms with E-state index in [1.807, 2.05) is 35.0 Å². The van der Waals surface area contributed by atoms with Gasteiger partial charge >= 0.3 is 5.97 Å². The van der Waals surface area contributed by atoms with Gasteiger partial charge in [0.2, 0.25) is 0 Å². The second kappa shape index (κ2) is 9.07. The second-order valence-electron chi connectivity index (χ2n) is 5.37. The summed E-state index contributed by atoms with van der Waals surface area (Å²) in [6.07, 6.45) is 1.73. The number of nitrogens with one attached hydrogen (secondary N) is 1. The van der Waals surface area contributed by atoms with Gasteiger partial charge in [0.25, 0.3) is 11.8 Å². The van der Waals surface area contributed by atoms with E-state index in [0.717, 1.165) is 9.75 Å². The van der Waals surface area contributed by atoms with Gasteiger partial charge in [-0.05, 0) is 41.1 Å². The van der Waals surface area contributed by atoms with Gasteiger partial charge in [0.15, 0.2) is 6.61 Å². The van der Waals surface area contributed by atoms with Gasteiger partial charge in [0.05, 0.1) is 5.57 Å². The first-order chi connectivity index (χ1) is 13.1. The first-order valence-electron chi connectivity index (χ1n) is 7.99. The Hall–Kier alpha value is -3.03. The number of hydrogen-bond acceptors (Lipinski definition) is 6. The monoisotopic (exact) mass is 397 g/mol. The van der Waals surface area contributed by atoms with Crippen LogP contribution in [-0.4, -0.2) is 24.4 Å². The minimum Gasteiger partial charge on any atom is -0.452 e. The Morgan fingerprint density at radius 2 is 1.67 bits per heavy atom. The maximum atomic E-state index is 12.5. The van der Waals surface area contributed by atoms with Crippen molar-refractivity contribution in [1.82, 2.24) is 5.32 Å². The smallest absolute Gasteiger partial charge is 0.340 e. The number of ether oxygens (including phenoxy) is 1. The molecule has 0 aliphatic heterocycles. The average molecular weight is 397 g/mol. The van der Waals surface area contributed by atoms with Crippen LogP contribution in [0, 0.1) is 0 Å². The summed E-state index contributed by atoms with van der Waals surface area (Å²) >= 11 is 2.90. The topological polar surface area (TPSA) is 72.5 Å². The summed E-state index contributed by atoms with van der Waals surface area (Å²) < 4.78 is 5.12. The molecule has 2 heterocycles. The molecule has 0 spiro atoms. The minimum absolute atomic E-state index is 0.356. The van der Waals surface area contributed by atoms with Gasteiger partial charge in [-0.15, -0.1) is 22.7 Å². The molecular formula is C20H15NO4S2. The van der Waals surface area contributed by atoms with E-state index in [4.69, 9.17) is 4.74 Å². The number of thiophene rings is 2. The number of benzene rings is 1. The number of rotatable bonds is 6. The molecular weight excluding hydrogens is 382 g/mol. The fraction of sp³-hybridized carbons (Fsp3) is 0.0500. The van der Waals surface area contributed by atoms with Gasteiger partial charge in [-0.2, -0.15) is 0 Å². The van der Waals surface area contributed by atoms with Gasteiger partial charge in [-0.1, -0.05) is 30.3 Å². The predicted octanol–water partition coefficient (Wildman–Crippen LogP) is 3.85. The van der Waals surface area contributed by atoms with E-state index in [1.54, 1.807) is 36.4 Å². The van der Waals surface area contributed by atoms with Gasteiger partial charge < -0.3 is 4.74 Å². The van der Waals surface area contributed by atoms with E-state index in [1.165, 1.54) is 22.7 Å². The molecule has 27 heavy (non-hydrogen) atoms. The molecule has 3 aromatic rings. The van der Waals surface area contributed by atoms with Crippen LogP contribution in [0.1, 0.15) is 20.1 Å². The van der Waals surface area contributed by atoms with E-state index in [-0.39, 0.29) is 0 Å². The first kappa shape index (κ1) is 18.8. The van der Waals surface area contributed by atoms with Crippen molar-refractivity contribution in [3.8, 4) is 0 Å². The number of imide groups is 1. The van der Waals surface area contributed by atoms with Crippen molar-refractivity contribution in [3.63, 3.8) is 0 Å². The number of amides is 2. The Kier molecular flexibility index (Phi) is 6.30. The molecule has 0 aliphatic carbocycles. The first-order valence-corrected chi connectivity index (χ1v) is 9.75. The normalized spacial score (nSPS) is 11.0. The molecule has 7 heteroatoms. The highest BCUT2D eigenvalue weighted by molar-refractivity contribution is 7.12. The molecule has 0 fully saturated rings. The number of esters is 1. The third-order valence-electron chi connectivity index (χ3n) is 3.46. The lowest BCUT2D eigenvalue weighted by atomic mass is 10.2. The lowest BCUT2D eigenvalue weighted by Crippen LogP contribution is -2.34. The fourth-order valence-corrected chi connectivity index (χ4v) is 3.60. The van der Waals surface area contributed by atoms with Crippen molar-refractivity contribution in [1.29, 1.82) is 0 Å².